The molecular weight excluding hydrogens is 737 g/mol. The Morgan fingerprint density at radius 2 is 1.05 bits per heavy atom. The lowest BCUT2D eigenvalue weighted by atomic mass is 9.79. The van der Waals surface area contributed by atoms with Crippen molar-refractivity contribution in [2.75, 3.05) is 4.90 Å². The first-order chi connectivity index (χ1) is 30.0. The number of benzene rings is 9. The molecule has 0 atom stereocenters. The molecule has 1 aromatic heterocycles. The first-order valence-electron chi connectivity index (χ1n) is 21.8. The molecule has 1 aliphatic rings. The zero-order valence-corrected chi connectivity index (χ0v) is 35.1. The van der Waals surface area contributed by atoms with Crippen LogP contribution in [0.4, 0.5) is 17.1 Å². The normalized spacial score (nSPS) is 12.8. The lowest BCUT2D eigenvalue weighted by molar-refractivity contribution is 0.662. The third-order valence-electron chi connectivity index (χ3n) is 13.1. The van der Waals surface area contributed by atoms with Crippen molar-refractivity contribution in [2.45, 2.75) is 45.4 Å². The van der Waals surface area contributed by atoms with Gasteiger partial charge in [0, 0.05) is 38.9 Å². The van der Waals surface area contributed by atoms with Crippen molar-refractivity contribution >= 4 is 49.6 Å². The van der Waals surface area contributed by atoms with E-state index in [0.717, 1.165) is 29.2 Å². The van der Waals surface area contributed by atoms with E-state index in [2.05, 4.69) is 230 Å². The van der Waals surface area contributed by atoms with Gasteiger partial charge in [-0.1, -0.05) is 167 Å². The molecule has 0 unspecified atom stereocenters. The van der Waals surface area contributed by atoms with Crippen LogP contribution in [0.2, 0.25) is 0 Å². The van der Waals surface area contributed by atoms with E-state index in [1.165, 1.54) is 95.5 Å². The summed E-state index contributed by atoms with van der Waals surface area (Å²) in [5, 5.41) is 5.11. The van der Waals surface area contributed by atoms with Gasteiger partial charge in [0.25, 0.3) is 0 Å². The first-order valence-corrected chi connectivity index (χ1v) is 21.8. The van der Waals surface area contributed by atoms with Crippen molar-refractivity contribution in [3.63, 3.8) is 0 Å². The highest BCUT2D eigenvalue weighted by Crippen LogP contribution is 2.52. The van der Waals surface area contributed by atoms with Crippen LogP contribution < -0.4 is 4.90 Å². The molecule has 0 bridgehead atoms. The van der Waals surface area contributed by atoms with E-state index < -0.39 is 0 Å². The zero-order valence-electron chi connectivity index (χ0n) is 35.1. The van der Waals surface area contributed by atoms with Gasteiger partial charge in [-0.2, -0.15) is 0 Å². The first kappa shape index (κ1) is 36.9. The van der Waals surface area contributed by atoms with Crippen LogP contribution in [0.5, 0.6) is 0 Å². The van der Waals surface area contributed by atoms with Crippen LogP contribution in [0.25, 0.3) is 71.6 Å². The Hall–Kier alpha value is -7.16. The summed E-state index contributed by atoms with van der Waals surface area (Å²) in [5.41, 5.74) is 18.6. The summed E-state index contributed by atoms with van der Waals surface area (Å²) in [4.78, 5) is 2.40. The van der Waals surface area contributed by atoms with Crippen molar-refractivity contribution in [1.29, 1.82) is 0 Å². The van der Waals surface area contributed by atoms with Crippen LogP contribution in [0.15, 0.2) is 200 Å². The minimum Gasteiger partial charge on any atom is -0.310 e. The standard InChI is InChI=1S/C59H48N2/c1-4-5-14-40-25-26-45-38-44(28-27-43(45)37-40)41-29-33-46(34-30-41)60(48-15-12-16-49(39-48)61-56-23-10-7-18-52(56)53-19-8-11-24-57(53)61)47-35-31-42(32-36-47)50-20-13-21-54-51-17-6-9-22-55(51)59(2,3)58(50)54/h6-13,15-39H,4-5,14H2,1-3H3. The molecule has 0 radical (unpaired) electrons. The largest absolute Gasteiger partial charge is 0.310 e. The number of hydrogen-bond acceptors (Lipinski definition) is 1. The van der Waals surface area contributed by atoms with Crippen molar-refractivity contribution in [2.24, 2.45) is 0 Å². The third kappa shape index (κ3) is 6.25. The van der Waals surface area contributed by atoms with Gasteiger partial charge < -0.3 is 9.47 Å². The topological polar surface area (TPSA) is 8.17 Å². The molecule has 0 amide bonds. The number of aryl methyl sites for hydroxylation is 1. The number of anilines is 3. The summed E-state index contributed by atoms with van der Waals surface area (Å²) in [6.07, 6.45) is 3.58. The predicted molar refractivity (Wildman–Crippen MR) is 260 cm³/mol. The van der Waals surface area contributed by atoms with E-state index in [9.17, 15) is 0 Å². The Morgan fingerprint density at radius 3 is 1.79 bits per heavy atom. The number of unbranched alkanes of at least 4 members (excludes halogenated alkanes) is 1. The predicted octanol–water partition coefficient (Wildman–Crippen LogP) is 16.4. The van der Waals surface area contributed by atoms with E-state index in [1.54, 1.807) is 0 Å². The van der Waals surface area contributed by atoms with Gasteiger partial charge >= 0.3 is 0 Å². The molecule has 0 saturated carbocycles. The van der Waals surface area contributed by atoms with Crippen LogP contribution >= 0.6 is 0 Å². The van der Waals surface area contributed by atoms with Crippen LogP contribution in [-0.4, -0.2) is 4.57 Å². The van der Waals surface area contributed by atoms with Gasteiger partial charge in [0.1, 0.15) is 0 Å². The monoisotopic (exact) mass is 784 g/mol. The maximum atomic E-state index is 2.40. The molecule has 0 saturated heterocycles. The quantitative estimate of drug-likeness (QED) is 0.142. The maximum Gasteiger partial charge on any atom is 0.0541 e. The fourth-order valence-corrected chi connectivity index (χ4v) is 10.1. The van der Waals surface area contributed by atoms with Crippen LogP contribution in [0.1, 0.15) is 50.3 Å². The Morgan fingerprint density at radius 1 is 0.459 bits per heavy atom. The van der Waals surface area contributed by atoms with Crippen molar-refractivity contribution in [1.82, 2.24) is 4.57 Å². The number of fused-ring (bicyclic) bond motifs is 7. The molecule has 10 aromatic rings. The second-order valence-corrected chi connectivity index (χ2v) is 17.2. The Labute approximate surface area is 359 Å². The molecule has 0 aliphatic heterocycles. The van der Waals surface area contributed by atoms with Gasteiger partial charge in [-0.15, -0.1) is 0 Å². The van der Waals surface area contributed by atoms with E-state index >= 15 is 0 Å². The lowest BCUT2D eigenvalue weighted by Gasteiger charge is -2.27. The molecule has 0 N–H and O–H groups in total. The van der Waals surface area contributed by atoms with E-state index in [1.807, 2.05) is 0 Å². The number of hydrogen-bond donors (Lipinski definition) is 0. The van der Waals surface area contributed by atoms with Crippen LogP contribution in [0.3, 0.4) is 0 Å². The van der Waals surface area contributed by atoms with Gasteiger partial charge in [0.2, 0.25) is 0 Å². The summed E-state index contributed by atoms with van der Waals surface area (Å²) in [6, 6.07) is 74.3. The molecule has 294 valence electrons. The number of rotatable bonds is 9. The fourth-order valence-electron chi connectivity index (χ4n) is 10.1. The molecule has 0 fully saturated rings. The summed E-state index contributed by atoms with van der Waals surface area (Å²) in [5.74, 6) is 0. The van der Waals surface area contributed by atoms with Gasteiger partial charge in [-0.3, -0.25) is 0 Å². The highest BCUT2D eigenvalue weighted by Gasteiger charge is 2.37. The summed E-state index contributed by atoms with van der Waals surface area (Å²) >= 11 is 0. The molecular formula is C59H48N2. The lowest BCUT2D eigenvalue weighted by Crippen LogP contribution is -2.16. The second kappa shape index (κ2) is 14.8. The molecule has 61 heavy (non-hydrogen) atoms. The molecule has 9 aromatic carbocycles. The Bertz CT molecular complexity index is 3200. The molecule has 2 heteroatoms. The highest BCUT2D eigenvalue weighted by molar-refractivity contribution is 6.09. The van der Waals surface area contributed by atoms with E-state index in [0.29, 0.717) is 0 Å². The van der Waals surface area contributed by atoms with Gasteiger partial charge in [-0.25, -0.2) is 0 Å². The minimum atomic E-state index is -0.0924. The molecule has 1 aliphatic carbocycles. The summed E-state index contributed by atoms with van der Waals surface area (Å²) in [6.45, 7) is 6.99. The summed E-state index contributed by atoms with van der Waals surface area (Å²) in [7, 11) is 0. The van der Waals surface area contributed by atoms with Crippen molar-refractivity contribution < 1.29 is 0 Å². The Balaban J connectivity index is 1.01. The molecule has 11 rings (SSSR count). The van der Waals surface area contributed by atoms with Gasteiger partial charge in [0.05, 0.1) is 11.0 Å². The number of aromatic nitrogens is 1. The van der Waals surface area contributed by atoms with Crippen LogP contribution in [0, 0.1) is 0 Å². The average molecular weight is 785 g/mol. The minimum absolute atomic E-state index is 0.0924. The maximum absolute atomic E-state index is 2.40. The van der Waals surface area contributed by atoms with Gasteiger partial charge in [0.15, 0.2) is 0 Å². The highest BCUT2D eigenvalue weighted by atomic mass is 15.1. The smallest absolute Gasteiger partial charge is 0.0541 e. The second-order valence-electron chi connectivity index (χ2n) is 17.2. The van der Waals surface area contributed by atoms with Gasteiger partial charge in [-0.05, 0) is 134 Å². The molecule has 2 nitrogen and oxygen atoms in total. The third-order valence-corrected chi connectivity index (χ3v) is 13.1. The molecule has 0 spiro atoms. The Kier molecular flexibility index (Phi) is 8.97. The number of para-hydroxylation sites is 2. The SMILES string of the molecule is CCCCc1ccc2cc(-c3ccc(N(c4ccc(-c5cccc6c5C(C)(C)c5ccccc5-6)cc4)c4cccc(-n5c6ccccc6c6ccccc65)c4)cc3)ccc2c1. The summed E-state index contributed by atoms with van der Waals surface area (Å²) < 4.78 is 2.40. The van der Waals surface area contributed by atoms with Crippen molar-refractivity contribution in [3.8, 4) is 39.1 Å². The van der Waals surface area contributed by atoms with E-state index in [-0.39, 0.29) is 5.41 Å². The zero-order chi connectivity index (χ0) is 41.1. The number of nitrogens with zero attached hydrogens (tertiary/aromatic N) is 2. The molecule has 1 heterocycles. The van der Waals surface area contributed by atoms with E-state index in [4.69, 9.17) is 0 Å². The average Bonchev–Trinajstić information content (AvgIpc) is 3.77. The van der Waals surface area contributed by atoms with Crippen molar-refractivity contribution in [3.05, 3.63) is 217 Å². The van der Waals surface area contributed by atoms with Crippen LogP contribution in [-0.2, 0) is 11.8 Å². The fraction of sp³-hybridized carbons (Fsp3) is 0.119.